The van der Waals surface area contributed by atoms with Gasteiger partial charge in [-0.25, -0.2) is 15.5 Å². The zero-order chi connectivity index (χ0) is 22.4. The van der Waals surface area contributed by atoms with Crippen molar-refractivity contribution < 1.29 is 9.47 Å². The first-order valence-corrected chi connectivity index (χ1v) is 11.0. The number of aromatic nitrogens is 4. The van der Waals surface area contributed by atoms with E-state index in [0.29, 0.717) is 23.0 Å². The van der Waals surface area contributed by atoms with E-state index < -0.39 is 0 Å². The van der Waals surface area contributed by atoms with Crippen LogP contribution in [0.25, 0.3) is 5.70 Å². The van der Waals surface area contributed by atoms with Gasteiger partial charge in [0, 0.05) is 13.6 Å². The van der Waals surface area contributed by atoms with Crippen molar-refractivity contribution in [2.24, 2.45) is 17.5 Å². The minimum atomic E-state index is 0.131. The number of nitrogens with two attached hydrogens (primary N) is 2. The molecule has 0 radical (unpaired) electrons. The van der Waals surface area contributed by atoms with Crippen LogP contribution in [0.1, 0.15) is 57.3 Å². The van der Waals surface area contributed by atoms with Gasteiger partial charge >= 0.3 is 6.01 Å². The van der Waals surface area contributed by atoms with Crippen molar-refractivity contribution in [2.75, 3.05) is 13.7 Å². The fraction of sp³-hybridized carbons (Fsp3) is 0.591. The average molecular weight is 430 g/mol. The van der Waals surface area contributed by atoms with Crippen LogP contribution in [-0.2, 0) is 6.54 Å². The maximum absolute atomic E-state index is 6.41. The summed E-state index contributed by atoms with van der Waals surface area (Å²) in [5.74, 6) is 7.29. The molecular formula is C22H35N7O2. The maximum atomic E-state index is 6.41. The zero-order valence-electron chi connectivity index (χ0n) is 19.0. The summed E-state index contributed by atoms with van der Waals surface area (Å²) >= 11 is 0. The number of nitrogens with zero attached hydrogens (tertiary/aromatic N) is 5. The smallest absolute Gasteiger partial charge is 0.335 e. The SMILES string of the molecule is Cc1nc(/C(N)=C(\COc2ncn(CC(C)C)n2)N(C)N)ccc1OC1CCCCC1. The number of rotatable bonds is 9. The Bertz CT molecular complexity index is 886. The predicted octanol–water partition coefficient (Wildman–Crippen LogP) is 2.86. The second-order valence-electron chi connectivity index (χ2n) is 8.56. The molecule has 3 rings (SSSR count). The van der Waals surface area contributed by atoms with Gasteiger partial charge in [0.25, 0.3) is 0 Å². The second-order valence-corrected chi connectivity index (χ2v) is 8.56. The first-order chi connectivity index (χ1) is 14.8. The molecule has 170 valence electrons. The number of hydrogen-bond donors (Lipinski definition) is 2. The summed E-state index contributed by atoms with van der Waals surface area (Å²) in [6.45, 7) is 7.08. The molecule has 9 nitrogen and oxygen atoms in total. The number of ether oxygens (including phenoxy) is 2. The summed E-state index contributed by atoms with van der Waals surface area (Å²) in [4.78, 5) is 8.84. The largest absolute Gasteiger partial charge is 0.489 e. The maximum Gasteiger partial charge on any atom is 0.335 e. The topological polar surface area (TPSA) is 117 Å². The van der Waals surface area contributed by atoms with Crippen LogP contribution >= 0.6 is 0 Å². The van der Waals surface area contributed by atoms with E-state index in [4.69, 9.17) is 21.1 Å². The molecule has 4 N–H and O–H groups in total. The molecule has 31 heavy (non-hydrogen) atoms. The minimum Gasteiger partial charge on any atom is -0.489 e. The Labute approximate surface area is 184 Å². The highest BCUT2D eigenvalue weighted by Crippen LogP contribution is 2.26. The summed E-state index contributed by atoms with van der Waals surface area (Å²) < 4.78 is 13.7. The van der Waals surface area contributed by atoms with E-state index in [1.807, 2.05) is 19.1 Å². The van der Waals surface area contributed by atoms with Gasteiger partial charge in [-0.3, -0.25) is 0 Å². The Kier molecular flexibility index (Phi) is 7.73. The molecule has 0 atom stereocenters. The van der Waals surface area contributed by atoms with Crippen LogP contribution in [0, 0.1) is 12.8 Å². The van der Waals surface area contributed by atoms with Gasteiger partial charge in [-0.1, -0.05) is 20.3 Å². The Hall–Kier alpha value is -2.81. The van der Waals surface area contributed by atoms with Crippen LogP contribution < -0.4 is 21.1 Å². The molecule has 1 fully saturated rings. The zero-order valence-corrected chi connectivity index (χ0v) is 19.0. The first-order valence-electron chi connectivity index (χ1n) is 11.0. The molecule has 0 unspecified atom stereocenters. The van der Waals surface area contributed by atoms with Crippen molar-refractivity contribution in [1.82, 2.24) is 24.8 Å². The highest BCUT2D eigenvalue weighted by atomic mass is 16.5. The quantitative estimate of drug-likeness (QED) is 0.461. The number of pyridine rings is 1. The molecule has 0 aliphatic heterocycles. The predicted molar refractivity (Wildman–Crippen MR) is 120 cm³/mol. The van der Waals surface area contributed by atoms with Crippen molar-refractivity contribution in [3.63, 3.8) is 0 Å². The fourth-order valence-corrected chi connectivity index (χ4v) is 3.64. The standard InChI is InChI=1S/C22H35N7O2/c1-15(2)12-29-14-25-22(27-29)30-13-19(28(4)24)21(23)18-10-11-20(16(3)26-18)31-17-8-6-5-7-9-17/h10-11,14-15,17H,5-9,12-13,23-24H2,1-4H3/b21-19-. The van der Waals surface area contributed by atoms with Gasteiger partial charge in [-0.15, -0.1) is 5.10 Å². The van der Waals surface area contributed by atoms with Crippen molar-refractivity contribution in [3.8, 4) is 11.8 Å². The van der Waals surface area contributed by atoms with E-state index >= 15 is 0 Å². The van der Waals surface area contributed by atoms with Crippen LogP contribution in [0.15, 0.2) is 24.2 Å². The summed E-state index contributed by atoms with van der Waals surface area (Å²) in [5.41, 5.74) is 8.87. The van der Waals surface area contributed by atoms with E-state index in [0.717, 1.165) is 30.8 Å². The molecule has 2 aromatic rings. The first kappa shape index (κ1) is 22.9. The third-order valence-electron chi connectivity index (χ3n) is 5.30. The van der Waals surface area contributed by atoms with Crippen LogP contribution in [0.4, 0.5) is 0 Å². The molecule has 0 bridgehead atoms. The van der Waals surface area contributed by atoms with Crippen LogP contribution in [-0.4, -0.2) is 44.5 Å². The van der Waals surface area contributed by atoms with Crippen molar-refractivity contribution in [3.05, 3.63) is 35.5 Å². The molecule has 2 heterocycles. The third kappa shape index (κ3) is 6.33. The Balaban J connectivity index is 1.71. The average Bonchev–Trinajstić information content (AvgIpc) is 3.16. The molecule has 2 aromatic heterocycles. The van der Waals surface area contributed by atoms with Crippen LogP contribution in [0.3, 0.4) is 0 Å². The Morgan fingerprint density at radius 2 is 2.00 bits per heavy atom. The van der Waals surface area contributed by atoms with Crippen LogP contribution in [0.5, 0.6) is 11.8 Å². The molecule has 9 heteroatoms. The second kappa shape index (κ2) is 10.5. The van der Waals surface area contributed by atoms with Gasteiger partial charge in [-0.05, 0) is 50.7 Å². The Morgan fingerprint density at radius 3 is 2.65 bits per heavy atom. The number of aryl methyl sites for hydroxylation is 1. The monoisotopic (exact) mass is 429 g/mol. The molecule has 1 aliphatic carbocycles. The number of hydrazine groups is 1. The normalized spacial score (nSPS) is 15.7. The van der Waals surface area contributed by atoms with Gasteiger partial charge in [-0.2, -0.15) is 4.98 Å². The van der Waals surface area contributed by atoms with Crippen molar-refractivity contribution >= 4 is 5.70 Å². The van der Waals surface area contributed by atoms with E-state index in [9.17, 15) is 0 Å². The lowest BCUT2D eigenvalue weighted by Gasteiger charge is -2.24. The molecule has 0 saturated heterocycles. The Morgan fingerprint density at radius 1 is 1.26 bits per heavy atom. The highest BCUT2D eigenvalue weighted by molar-refractivity contribution is 5.63. The molecular weight excluding hydrogens is 394 g/mol. The highest BCUT2D eigenvalue weighted by Gasteiger charge is 2.18. The minimum absolute atomic E-state index is 0.131. The fourth-order valence-electron chi connectivity index (χ4n) is 3.64. The van der Waals surface area contributed by atoms with Gasteiger partial charge < -0.3 is 20.2 Å². The summed E-state index contributed by atoms with van der Waals surface area (Å²) in [7, 11) is 1.71. The van der Waals surface area contributed by atoms with Gasteiger partial charge in [0.2, 0.25) is 0 Å². The molecule has 0 aromatic carbocycles. The van der Waals surface area contributed by atoms with Gasteiger partial charge in [0.05, 0.1) is 28.9 Å². The summed E-state index contributed by atoms with van der Waals surface area (Å²) in [5, 5.41) is 5.76. The molecule has 0 amide bonds. The van der Waals surface area contributed by atoms with E-state index in [1.165, 1.54) is 24.3 Å². The lowest BCUT2D eigenvalue weighted by Crippen LogP contribution is -2.31. The van der Waals surface area contributed by atoms with E-state index in [-0.39, 0.29) is 18.7 Å². The summed E-state index contributed by atoms with van der Waals surface area (Å²) in [6.07, 6.45) is 7.87. The van der Waals surface area contributed by atoms with E-state index in [1.54, 1.807) is 18.1 Å². The van der Waals surface area contributed by atoms with Crippen molar-refractivity contribution in [1.29, 1.82) is 0 Å². The molecule has 1 aliphatic rings. The lowest BCUT2D eigenvalue weighted by atomic mass is 9.98. The molecule has 1 saturated carbocycles. The molecule has 0 spiro atoms. The van der Waals surface area contributed by atoms with Crippen LogP contribution in [0.2, 0.25) is 0 Å². The third-order valence-corrected chi connectivity index (χ3v) is 5.30. The summed E-state index contributed by atoms with van der Waals surface area (Å²) in [6, 6.07) is 4.08. The number of likely N-dealkylation sites (N-methyl/N-ethyl adjacent to an activating group) is 1. The lowest BCUT2D eigenvalue weighted by molar-refractivity contribution is 0.153. The number of hydrogen-bond acceptors (Lipinski definition) is 8. The van der Waals surface area contributed by atoms with Crippen molar-refractivity contribution in [2.45, 2.75) is 65.5 Å². The van der Waals surface area contributed by atoms with Gasteiger partial charge in [0.1, 0.15) is 18.7 Å². The van der Waals surface area contributed by atoms with Gasteiger partial charge in [0.15, 0.2) is 0 Å². The van der Waals surface area contributed by atoms with E-state index in [2.05, 4.69) is 28.9 Å².